The van der Waals surface area contributed by atoms with Gasteiger partial charge in [-0.3, -0.25) is 14.4 Å². The Morgan fingerprint density at radius 2 is 2.12 bits per heavy atom. The molecule has 1 saturated carbocycles. The van der Waals surface area contributed by atoms with Gasteiger partial charge in [-0.25, -0.2) is 4.39 Å². The van der Waals surface area contributed by atoms with Crippen molar-refractivity contribution in [3.8, 4) is 5.75 Å². The zero-order valence-corrected chi connectivity index (χ0v) is 18.9. The van der Waals surface area contributed by atoms with Gasteiger partial charge in [-0.15, -0.1) is 12.4 Å². The van der Waals surface area contributed by atoms with Crippen LogP contribution in [0.25, 0.3) is 0 Å². The molecule has 2 atom stereocenters. The fraction of sp³-hybridized carbons (Fsp3) is 0.381. The SMILES string of the molecule is COC[C@H]1C[C@@]12CN(C)C(=O)c1c(O)c(=O)c(C(=O)NCc3cccc(Cl)c3F)cn12.Cl. The Balaban J connectivity index is 0.00000289. The molecular formula is C21H22Cl2FN3O5. The van der Waals surface area contributed by atoms with Crippen LogP contribution < -0.4 is 10.7 Å². The highest BCUT2D eigenvalue weighted by molar-refractivity contribution is 6.30. The van der Waals surface area contributed by atoms with Crippen molar-refractivity contribution in [3.05, 3.63) is 62.3 Å². The van der Waals surface area contributed by atoms with Gasteiger partial charge in [-0.2, -0.15) is 0 Å². The number of aromatic nitrogens is 1. The summed E-state index contributed by atoms with van der Waals surface area (Å²) < 4.78 is 20.9. The van der Waals surface area contributed by atoms with Crippen LogP contribution in [0.5, 0.6) is 5.75 Å². The Morgan fingerprint density at radius 1 is 1.41 bits per heavy atom. The van der Waals surface area contributed by atoms with Crippen molar-refractivity contribution in [3.63, 3.8) is 0 Å². The molecule has 1 aromatic heterocycles. The van der Waals surface area contributed by atoms with Crippen LogP contribution in [-0.2, 0) is 16.8 Å². The average molecular weight is 486 g/mol. The van der Waals surface area contributed by atoms with Crippen molar-refractivity contribution in [2.24, 2.45) is 5.92 Å². The summed E-state index contributed by atoms with van der Waals surface area (Å²) in [5, 5.41) is 12.9. The molecular weight excluding hydrogens is 464 g/mol. The van der Waals surface area contributed by atoms with E-state index in [1.54, 1.807) is 20.2 Å². The van der Waals surface area contributed by atoms with Gasteiger partial charge in [-0.05, 0) is 12.5 Å². The predicted octanol–water partition coefficient (Wildman–Crippen LogP) is 2.15. The zero-order valence-electron chi connectivity index (χ0n) is 17.4. The van der Waals surface area contributed by atoms with E-state index in [9.17, 15) is 23.9 Å². The first kappa shape index (κ1) is 24.0. The van der Waals surface area contributed by atoms with Crippen molar-refractivity contribution >= 4 is 35.8 Å². The second-order valence-corrected chi connectivity index (χ2v) is 8.36. The van der Waals surface area contributed by atoms with E-state index < -0.39 is 34.3 Å². The van der Waals surface area contributed by atoms with Crippen LogP contribution in [0.3, 0.4) is 0 Å². The number of nitrogens with zero attached hydrogens (tertiary/aromatic N) is 2. The molecule has 2 aliphatic rings. The molecule has 172 valence electrons. The lowest BCUT2D eigenvalue weighted by Gasteiger charge is -2.35. The Bertz CT molecular complexity index is 1150. The molecule has 32 heavy (non-hydrogen) atoms. The fourth-order valence-electron chi connectivity index (χ4n) is 4.29. The number of methoxy groups -OCH3 is 1. The number of pyridine rings is 1. The number of benzene rings is 1. The number of amides is 2. The standard InChI is InChI=1S/C21H21ClFN3O5.ClH/c1-25-10-21(6-12(21)9-31-2)26-8-13(17(27)18(28)16(26)20(25)30)19(29)24-7-11-4-3-5-14(22)15(11)23;/h3-5,8,12,28H,6-7,9-10H2,1-2H3,(H,24,29);1H/t12-,21-;/m1./s1. The molecule has 1 fully saturated rings. The summed E-state index contributed by atoms with van der Waals surface area (Å²) in [4.78, 5) is 39.5. The number of ether oxygens (including phenoxy) is 1. The summed E-state index contributed by atoms with van der Waals surface area (Å²) in [6.07, 6.45) is 1.98. The molecule has 11 heteroatoms. The molecule has 0 unspecified atom stereocenters. The van der Waals surface area contributed by atoms with Gasteiger partial charge < -0.3 is 24.6 Å². The number of nitrogens with one attached hydrogen (secondary N) is 1. The lowest BCUT2D eigenvalue weighted by molar-refractivity contribution is 0.0664. The average Bonchev–Trinajstić information content (AvgIpc) is 3.41. The number of hydrogen-bond donors (Lipinski definition) is 2. The van der Waals surface area contributed by atoms with E-state index in [0.29, 0.717) is 19.6 Å². The molecule has 8 nitrogen and oxygen atoms in total. The summed E-state index contributed by atoms with van der Waals surface area (Å²) >= 11 is 5.75. The van der Waals surface area contributed by atoms with E-state index in [1.165, 1.54) is 27.8 Å². The van der Waals surface area contributed by atoms with E-state index in [0.717, 1.165) is 0 Å². The highest BCUT2D eigenvalue weighted by atomic mass is 35.5. The second-order valence-electron chi connectivity index (χ2n) is 7.96. The van der Waals surface area contributed by atoms with Crippen molar-refractivity contribution in [2.75, 3.05) is 27.3 Å². The number of carbonyl (C=O) groups excluding carboxylic acids is 2. The molecule has 0 bridgehead atoms. The minimum absolute atomic E-state index is 0. The maximum Gasteiger partial charge on any atom is 0.274 e. The van der Waals surface area contributed by atoms with Crippen LogP contribution in [0.4, 0.5) is 4.39 Å². The minimum atomic E-state index is -0.960. The molecule has 2 amide bonds. The van der Waals surface area contributed by atoms with Crippen LogP contribution in [-0.4, -0.2) is 53.7 Å². The van der Waals surface area contributed by atoms with E-state index in [4.69, 9.17) is 16.3 Å². The smallest absolute Gasteiger partial charge is 0.274 e. The van der Waals surface area contributed by atoms with Gasteiger partial charge in [0.05, 0.1) is 17.2 Å². The molecule has 1 aromatic carbocycles. The lowest BCUT2D eigenvalue weighted by Crippen LogP contribution is -2.48. The summed E-state index contributed by atoms with van der Waals surface area (Å²) in [6.45, 7) is 0.597. The minimum Gasteiger partial charge on any atom is -0.503 e. The normalized spacial score (nSPS) is 21.2. The molecule has 1 spiro atoms. The molecule has 0 saturated heterocycles. The van der Waals surface area contributed by atoms with Gasteiger partial charge >= 0.3 is 0 Å². The van der Waals surface area contributed by atoms with E-state index in [-0.39, 0.29) is 46.7 Å². The van der Waals surface area contributed by atoms with Crippen LogP contribution in [0.2, 0.25) is 5.02 Å². The first-order valence-corrected chi connectivity index (χ1v) is 10.0. The third-order valence-corrected chi connectivity index (χ3v) is 6.30. The first-order chi connectivity index (χ1) is 14.7. The van der Waals surface area contributed by atoms with E-state index >= 15 is 0 Å². The molecule has 2 heterocycles. The van der Waals surface area contributed by atoms with Gasteiger partial charge in [0.2, 0.25) is 5.43 Å². The molecule has 0 radical (unpaired) electrons. The number of halogens is 3. The predicted molar refractivity (Wildman–Crippen MR) is 117 cm³/mol. The quantitative estimate of drug-likeness (QED) is 0.675. The summed E-state index contributed by atoms with van der Waals surface area (Å²) in [6, 6.07) is 4.39. The van der Waals surface area contributed by atoms with Gasteiger partial charge in [0.25, 0.3) is 11.8 Å². The van der Waals surface area contributed by atoms with E-state index in [1.807, 2.05) is 0 Å². The number of fused-ring (bicyclic) bond motifs is 2. The van der Waals surface area contributed by atoms with Crippen molar-refractivity contribution in [1.82, 2.24) is 14.8 Å². The van der Waals surface area contributed by atoms with Crippen LogP contribution >= 0.6 is 24.0 Å². The molecule has 2 aromatic rings. The molecule has 4 rings (SSSR count). The number of aromatic hydroxyl groups is 1. The number of hydrogen-bond acceptors (Lipinski definition) is 5. The maximum atomic E-state index is 14.1. The maximum absolute atomic E-state index is 14.1. The largest absolute Gasteiger partial charge is 0.503 e. The van der Waals surface area contributed by atoms with E-state index in [2.05, 4.69) is 5.32 Å². The Hall–Kier alpha value is -2.62. The summed E-state index contributed by atoms with van der Waals surface area (Å²) in [5.74, 6) is -2.68. The third kappa shape index (κ3) is 3.74. The lowest BCUT2D eigenvalue weighted by atomic mass is 10.0. The van der Waals surface area contributed by atoms with Crippen molar-refractivity contribution < 1.29 is 23.8 Å². The summed E-state index contributed by atoms with van der Waals surface area (Å²) in [5.41, 5.74) is -1.84. The van der Waals surface area contributed by atoms with Crippen molar-refractivity contribution in [2.45, 2.75) is 18.5 Å². The monoisotopic (exact) mass is 485 g/mol. The number of likely N-dealkylation sites (N-methyl/N-ethyl adjacent to an activating group) is 1. The molecule has 1 aliphatic heterocycles. The van der Waals surface area contributed by atoms with Gasteiger partial charge in [-0.1, -0.05) is 23.7 Å². The second kappa shape index (κ2) is 8.73. The Kier molecular flexibility index (Phi) is 6.55. The Morgan fingerprint density at radius 3 is 2.81 bits per heavy atom. The van der Waals surface area contributed by atoms with Crippen LogP contribution in [0.15, 0.2) is 29.2 Å². The fourth-order valence-corrected chi connectivity index (χ4v) is 4.48. The first-order valence-electron chi connectivity index (χ1n) is 9.66. The van der Waals surface area contributed by atoms with Crippen LogP contribution in [0, 0.1) is 11.7 Å². The highest BCUT2D eigenvalue weighted by Gasteiger charge is 2.60. The topological polar surface area (TPSA) is 101 Å². The summed E-state index contributed by atoms with van der Waals surface area (Å²) in [7, 11) is 3.17. The number of carbonyl (C=O) groups is 2. The van der Waals surface area contributed by atoms with Crippen LogP contribution in [0.1, 0.15) is 32.8 Å². The van der Waals surface area contributed by atoms with Gasteiger partial charge in [0.1, 0.15) is 11.4 Å². The third-order valence-electron chi connectivity index (χ3n) is 6.01. The van der Waals surface area contributed by atoms with Gasteiger partial charge in [0, 0.05) is 44.9 Å². The van der Waals surface area contributed by atoms with Gasteiger partial charge in [0.15, 0.2) is 11.4 Å². The highest BCUT2D eigenvalue weighted by Crippen LogP contribution is 2.53. The zero-order chi connectivity index (χ0) is 22.5. The molecule has 1 aliphatic carbocycles. The molecule has 2 N–H and O–H groups in total. The number of rotatable bonds is 5. The van der Waals surface area contributed by atoms with Crippen molar-refractivity contribution in [1.29, 1.82) is 0 Å². The Labute approximate surface area is 194 Å².